The van der Waals surface area contributed by atoms with Crippen molar-refractivity contribution in [2.75, 3.05) is 12.3 Å². The van der Waals surface area contributed by atoms with E-state index in [1.165, 1.54) is 0 Å². The van der Waals surface area contributed by atoms with Gasteiger partial charge in [-0.15, -0.1) is 0 Å². The molecule has 0 radical (unpaired) electrons. The average molecular weight is 261 g/mol. The highest BCUT2D eigenvalue weighted by molar-refractivity contribution is 5.74. The number of nitrogens with one attached hydrogen (secondary N) is 2. The molecule has 7 heteroatoms. The van der Waals surface area contributed by atoms with Gasteiger partial charge in [0.1, 0.15) is 6.54 Å². The lowest BCUT2D eigenvalue weighted by atomic mass is 10.1. The van der Waals surface area contributed by atoms with Crippen LogP contribution in [0.4, 0.5) is 23.7 Å². The van der Waals surface area contributed by atoms with Gasteiger partial charge >= 0.3 is 12.2 Å². The first-order chi connectivity index (χ1) is 8.28. The minimum atomic E-state index is -4.42. The Hall–Kier alpha value is -1.92. The van der Waals surface area contributed by atoms with Gasteiger partial charge in [0.15, 0.2) is 0 Å². The van der Waals surface area contributed by atoms with Gasteiger partial charge in [-0.05, 0) is 24.6 Å². The van der Waals surface area contributed by atoms with Crippen LogP contribution in [0.2, 0.25) is 0 Å². The normalized spacial score (nSPS) is 12.9. The largest absolute Gasteiger partial charge is 0.405 e. The zero-order chi connectivity index (χ0) is 13.8. The number of halogens is 3. The van der Waals surface area contributed by atoms with Crippen LogP contribution in [0.5, 0.6) is 0 Å². The van der Waals surface area contributed by atoms with E-state index in [1.54, 1.807) is 36.5 Å². The fourth-order valence-electron chi connectivity index (χ4n) is 1.34. The first-order valence-electron chi connectivity index (χ1n) is 5.24. The number of nitrogen functional groups attached to an aromatic ring is 1. The summed E-state index contributed by atoms with van der Waals surface area (Å²) in [6, 6.07) is 5.46. The van der Waals surface area contributed by atoms with E-state index in [4.69, 9.17) is 5.73 Å². The molecule has 4 N–H and O–H groups in total. The van der Waals surface area contributed by atoms with Crippen molar-refractivity contribution < 1.29 is 18.0 Å². The summed E-state index contributed by atoms with van der Waals surface area (Å²) in [5.74, 6) is 0. The van der Waals surface area contributed by atoms with E-state index in [1.807, 2.05) is 0 Å². The van der Waals surface area contributed by atoms with Crippen LogP contribution in [0.1, 0.15) is 18.5 Å². The molecule has 4 nitrogen and oxygen atoms in total. The Balaban J connectivity index is 2.50. The average Bonchev–Trinajstić information content (AvgIpc) is 2.25. The van der Waals surface area contributed by atoms with Crippen LogP contribution in [0, 0.1) is 0 Å². The number of hydrogen-bond acceptors (Lipinski definition) is 2. The fourth-order valence-corrected chi connectivity index (χ4v) is 1.34. The first kappa shape index (κ1) is 14.1. The molecule has 2 amide bonds. The molecule has 0 saturated heterocycles. The van der Waals surface area contributed by atoms with Crippen LogP contribution in [0.3, 0.4) is 0 Å². The van der Waals surface area contributed by atoms with E-state index < -0.39 is 24.8 Å². The quantitative estimate of drug-likeness (QED) is 0.730. The number of alkyl halides is 3. The fraction of sp³-hybridized carbons (Fsp3) is 0.364. The smallest absolute Gasteiger partial charge is 0.399 e. The van der Waals surface area contributed by atoms with Crippen molar-refractivity contribution in [2.45, 2.75) is 19.1 Å². The highest BCUT2D eigenvalue weighted by atomic mass is 19.4. The van der Waals surface area contributed by atoms with Gasteiger partial charge in [-0.25, -0.2) is 4.79 Å². The third kappa shape index (κ3) is 4.94. The summed E-state index contributed by atoms with van der Waals surface area (Å²) in [5.41, 5.74) is 6.81. The van der Waals surface area contributed by atoms with Crippen LogP contribution in [-0.4, -0.2) is 18.8 Å². The lowest BCUT2D eigenvalue weighted by Gasteiger charge is -2.16. The molecule has 0 heterocycles. The molecule has 0 bridgehead atoms. The van der Waals surface area contributed by atoms with E-state index in [-0.39, 0.29) is 0 Å². The summed E-state index contributed by atoms with van der Waals surface area (Å²) in [6.45, 7) is 0.296. The molecule has 0 aliphatic heterocycles. The minimum Gasteiger partial charge on any atom is -0.399 e. The van der Waals surface area contributed by atoms with Crippen molar-refractivity contribution in [1.29, 1.82) is 0 Å². The molecule has 0 fully saturated rings. The second kappa shape index (κ2) is 5.61. The molecule has 18 heavy (non-hydrogen) atoms. The summed E-state index contributed by atoms with van der Waals surface area (Å²) in [4.78, 5) is 11.2. The monoisotopic (exact) mass is 261 g/mol. The molecule has 1 aromatic rings. The summed E-state index contributed by atoms with van der Waals surface area (Å²) < 4.78 is 35.6. The number of carbonyl (C=O) groups is 1. The lowest BCUT2D eigenvalue weighted by molar-refractivity contribution is -0.122. The second-order valence-corrected chi connectivity index (χ2v) is 3.83. The van der Waals surface area contributed by atoms with E-state index in [2.05, 4.69) is 5.32 Å². The standard InChI is InChI=1S/C11H14F3N3O/c1-7(8-3-2-4-9(15)5-8)17-10(18)16-6-11(12,13)14/h2-5,7H,6,15H2,1H3,(H2,16,17,18). The summed E-state index contributed by atoms with van der Waals surface area (Å²) >= 11 is 0. The number of hydrogen-bond donors (Lipinski definition) is 3. The number of anilines is 1. The van der Waals surface area contributed by atoms with Crippen molar-refractivity contribution in [3.63, 3.8) is 0 Å². The molecule has 0 aromatic heterocycles. The number of carbonyl (C=O) groups excluding carboxylic acids is 1. The highest BCUT2D eigenvalue weighted by Crippen LogP contribution is 2.15. The van der Waals surface area contributed by atoms with Crippen molar-refractivity contribution in [2.24, 2.45) is 0 Å². The van der Waals surface area contributed by atoms with E-state index in [0.717, 1.165) is 5.56 Å². The van der Waals surface area contributed by atoms with Crippen molar-refractivity contribution in [3.05, 3.63) is 29.8 Å². The number of urea groups is 1. The minimum absolute atomic E-state index is 0.429. The lowest BCUT2D eigenvalue weighted by Crippen LogP contribution is -2.41. The number of rotatable bonds is 3. The maximum atomic E-state index is 11.9. The molecule has 0 aliphatic carbocycles. The van der Waals surface area contributed by atoms with Crippen molar-refractivity contribution in [1.82, 2.24) is 10.6 Å². The molecule has 0 spiro atoms. The SMILES string of the molecule is CC(NC(=O)NCC(F)(F)F)c1cccc(N)c1. The Morgan fingerprint density at radius 1 is 1.44 bits per heavy atom. The Kier molecular flexibility index (Phi) is 4.41. The van der Waals surface area contributed by atoms with Crippen molar-refractivity contribution >= 4 is 11.7 Å². The van der Waals surface area contributed by atoms with Crippen LogP contribution in [0.15, 0.2) is 24.3 Å². The third-order valence-electron chi connectivity index (χ3n) is 2.21. The molecule has 100 valence electrons. The Bertz CT molecular complexity index is 420. The van der Waals surface area contributed by atoms with E-state index >= 15 is 0 Å². The second-order valence-electron chi connectivity index (χ2n) is 3.83. The Labute approximate surface area is 102 Å². The highest BCUT2D eigenvalue weighted by Gasteiger charge is 2.27. The topological polar surface area (TPSA) is 67.2 Å². The van der Waals surface area contributed by atoms with Crippen LogP contribution >= 0.6 is 0 Å². The Morgan fingerprint density at radius 3 is 2.67 bits per heavy atom. The molecule has 1 aromatic carbocycles. The predicted molar refractivity (Wildman–Crippen MR) is 61.9 cm³/mol. The van der Waals surface area contributed by atoms with Gasteiger partial charge in [0, 0.05) is 5.69 Å². The zero-order valence-corrected chi connectivity index (χ0v) is 9.71. The van der Waals surface area contributed by atoms with Crippen LogP contribution in [-0.2, 0) is 0 Å². The molecule has 0 saturated carbocycles. The first-order valence-corrected chi connectivity index (χ1v) is 5.24. The van der Waals surface area contributed by atoms with Gasteiger partial charge in [0.05, 0.1) is 6.04 Å². The molecule has 1 rings (SSSR count). The number of amides is 2. The van der Waals surface area contributed by atoms with Gasteiger partial charge in [-0.2, -0.15) is 13.2 Å². The van der Waals surface area contributed by atoms with E-state index in [0.29, 0.717) is 5.69 Å². The summed E-state index contributed by atoms with van der Waals surface area (Å²) in [5, 5.41) is 4.12. The molecule has 1 unspecified atom stereocenters. The van der Waals surface area contributed by atoms with Gasteiger partial charge in [0.25, 0.3) is 0 Å². The van der Waals surface area contributed by atoms with Gasteiger partial charge in [-0.3, -0.25) is 0 Å². The maximum Gasteiger partial charge on any atom is 0.405 e. The number of nitrogens with two attached hydrogens (primary N) is 1. The zero-order valence-electron chi connectivity index (χ0n) is 9.71. The summed E-state index contributed by atoms with van der Waals surface area (Å²) in [6.07, 6.45) is -4.42. The molecule has 0 aliphatic rings. The molecule has 1 atom stereocenters. The van der Waals surface area contributed by atoms with Crippen LogP contribution in [0.25, 0.3) is 0 Å². The predicted octanol–water partition coefficient (Wildman–Crippen LogP) is 2.19. The Morgan fingerprint density at radius 2 is 2.11 bits per heavy atom. The van der Waals surface area contributed by atoms with E-state index in [9.17, 15) is 18.0 Å². The van der Waals surface area contributed by atoms with Gasteiger partial charge < -0.3 is 16.4 Å². The molecular weight excluding hydrogens is 247 g/mol. The summed E-state index contributed by atoms with van der Waals surface area (Å²) in [7, 11) is 0. The maximum absolute atomic E-state index is 11.9. The van der Waals surface area contributed by atoms with Gasteiger partial charge in [0.2, 0.25) is 0 Å². The van der Waals surface area contributed by atoms with Gasteiger partial charge in [-0.1, -0.05) is 12.1 Å². The molecular formula is C11H14F3N3O. The van der Waals surface area contributed by atoms with Crippen molar-refractivity contribution in [3.8, 4) is 0 Å². The van der Waals surface area contributed by atoms with Crippen LogP contribution < -0.4 is 16.4 Å². The third-order valence-corrected chi connectivity index (χ3v) is 2.21. The number of benzene rings is 1.